The molecule has 2 N–H and O–H groups in total. The molecule has 1 aromatic heterocycles. The molecular weight excluding hydrogens is 306 g/mol. The molecule has 23 heavy (non-hydrogen) atoms. The summed E-state index contributed by atoms with van der Waals surface area (Å²) in [4.78, 5) is 16.6. The number of urea groups is 1. The minimum atomic E-state index is -0.189. The number of benzene rings is 2. The summed E-state index contributed by atoms with van der Waals surface area (Å²) in [6, 6.07) is 18.1. The van der Waals surface area contributed by atoms with Gasteiger partial charge in [-0.1, -0.05) is 53.8 Å². The number of hydrogen-bond donors (Lipinski definition) is 2. The van der Waals surface area contributed by atoms with Crippen LogP contribution < -0.4 is 10.6 Å². The van der Waals surface area contributed by atoms with Crippen molar-refractivity contribution in [1.29, 1.82) is 0 Å². The molecule has 1 saturated carbocycles. The second-order valence-corrected chi connectivity index (χ2v) is 6.97. The number of fused-ring (bicyclic) bond motifs is 1. The van der Waals surface area contributed by atoms with Gasteiger partial charge >= 0.3 is 6.03 Å². The number of carbonyl (C=O) groups is 1. The molecule has 0 aliphatic heterocycles. The van der Waals surface area contributed by atoms with Crippen LogP contribution in [0.1, 0.15) is 18.4 Å². The van der Waals surface area contributed by atoms with Crippen LogP contribution in [0.3, 0.4) is 0 Å². The van der Waals surface area contributed by atoms with Crippen LogP contribution in [0.15, 0.2) is 54.6 Å². The Bertz CT molecular complexity index is 807. The van der Waals surface area contributed by atoms with Crippen LogP contribution in [0.4, 0.5) is 9.93 Å². The molecule has 0 bridgehead atoms. The zero-order valence-corrected chi connectivity index (χ0v) is 13.4. The lowest BCUT2D eigenvalue weighted by Gasteiger charge is -2.16. The Morgan fingerprint density at radius 1 is 1.09 bits per heavy atom. The van der Waals surface area contributed by atoms with Gasteiger partial charge in [0.1, 0.15) is 0 Å². The summed E-state index contributed by atoms with van der Waals surface area (Å²) in [5.74, 6) is 0. The quantitative estimate of drug-likeness (QED) is 0.758. The highest BCUT2D eigenvalue weighted by atomic mass is 32.1. The number of aromatic nitrogens is 1. The van der Waals surface area contributed by atoms with Crippen molar-refractivity contribution in [3.05, 3.63) is 60.2 Å². The number of nitrogens with one attached hydrogen (secondary N) is 2. The normalized spacial score (nSPS) is 15.3. The largest absolute Gasteiger partial charge is 0.337 e. The molecule has 1 fully saturated rings. The van der Waals surface area contributed by atoms with E-state index in [0.29, 0.717) is 11.7 Å². The number of amides is 2. The number of thiazole rings is 1. The van der Waals surface area contributed by atoms with Gasteiger partial charge in [0, 0.05) is 12.0 Å². The summed E-state index contributed by atoms with van der Waals surface area (Å²) in [7, 11) is 0. The van der Waals surface area contributed by atoms with Crippen LogP contribution in [-0.2, 0) is 5.41 Å². The molecule has 2 amide bonds. The third-order valence-electron chi connectivity index (χ3n) is 4.34. The molecule has 4 nitrogen and oxygen atoms in total. The van der Waals surface area contributed by atoms with Crippen LogP contribution >= 0.6 is 11.3 Å². The monoisotopic (exact) mass is 323 g/mol. The first-order valence-corrected chi connectivity index (χ1v) is 8.53. The summed E-state index contributed by atoms with van der Waals surface area (Å²) in [6.07, 6.45) is 2.25. The molecule has 5 heteroatoms. The van der Waals surface area contributed by atoms with Gasteiger partial charge in [-0.05, 0) is 30.5 Å². The Balaban J connectivity index is 1.39. The molecule has 0 spiro atoms. The molecule has 2 aromatic carbocycles. The van der Waals surface area contributed by atoms with Crippen molar-refractivity contribution < 1.29 is 4.79 Å². The van der Waals surface area contributed by atoms with Gasteiger partial charge in [0.15, 0.2) is 5.13 Å². The molecule has 0 saturated heterocycles. The van der Waals surface area contributed by atoms with Crippen LogP contribution in [0.25, 0.3) is 10.2 Å². The Hall–Kier alpha value is -2.40. The predicted octanol–water partition coefficient (Wildman–Crippen LogP) is 4.15. The van der Waals surface area contributed by atoms with E-state index in [1.807, 2.05) is 30.3 Å². The van der Waals surface area contributed by atoms with E-state index in [1.165, 1.54) is 16.9 Å². The van der Waals surface area contributed by atoms with Crippen LogP contribution in [-0.4, -0.2) is 17.6 Å². The van der Waals surface area contributed by atoms with Crippen molar-refractivity contribution in [2.24, 2.45) is 0 Å². The highest BCUT2D eigenvalue weighted by molar-refractivity contribution is 7.22. The average Bonchev–Trinajstić information content (AvgIpc) is 3.27. The van der Waals surface area contributed by atoms with Gasteiger partial charge in [0.05, 0.1) is 10.2 Å². The maximum atomic E-state index is 12.1. The third kappa shape index (κ3) is 2.92. The summed E-state index contributed by atoms with van der Waals surface area (Å²) < 4.78 is 1.07. The van der Waals surface area contributed by atoms with Crippen molar-refractivity contribution in [1.82, 2.24) is 10.3 Å². The average molecular weight is 323 g/mol. The van der Waals surface area contributed by atoms with Crippen molar-refractivity contribution in [3.63, 3.8) is 0 Å². The Labute approximate surface area is 138 Å². The van der Waals surface area contributed by atoms with E-state index in [1.54, 1.807) is 0 Å². The smallest absolute Gasteiger partial charge is 0.321 e. The van der Waals surface area contributed by atoms with Gasteiger partial charge in [0.2, 0.25) is 0 Å². The zero-order chi connectivity index (χ0) is 15.7. The highest BCUT2D eigenvalue weighted by Gasteiger charge is 2.44. The number of nitrogens with zero attached hydrogens (tertiary/aromatic N) is 1. The number of anilines is 1. The number of hydrogen-bond acceptors (Lipinski definition) is 3. The topological polar surface area (TPSA) is 54.0 Å². The first-order chi connectivity index (χ1) is 11.3. The summed E-state index contributed by atoms with van der Waals surface area (Å²) in [5.41, 5.74) is 2.34. The van der Waals surface area contributed by atoms with Crippen LogP contribution in [0, 0.1) is 0 Å². The molecular formula is C18H17N3OS. The Morgan fingerprint density at radius 2 is 1.83 bits per heavy atom. The van der Waals surface area contributed by atoms with E-state index in [-0.39, 0.29) is 11.4 Å². The molecule has 3 aromatic rings. The summed E-state index contributed by atoms with van der Waals surface area (Å²) in [6.45, 7) is 0.660. The van der Waals surface area contributed by atoms with Gasteiger partial charge in [-0.2, -0.15) is 0 Å². The lowest BCUT2D eigenvalue weighted by molar-refractivity contribution is 0.251. The van der Waals surface area contributed by atoms with Gasteiger partial charge < -0.3 is 5.32 Å². The summed E-state index contributed by atoms with van der Waals surface area (Å²) in [5, 5.41) is 6.47. The SMILES string of the molecule is O=C(NCC1(c2ccccc2)CC1)Nc1nc2ccccc2s1. The molecule has 116 valence electrons. The molecule has 1 aliphatic rings. The van der Waals surface area contributed by atoms with Gasteiger partial charge in [-0.15, -0.1) is 0 Å². The van der Waals surface area contributed by atoms with E-state index in [2.05, 4.69) is 39.9 Å². The van der Waals surface area contributed by atoms with Crippen molar-refractivity contribution in [3.8, 4) is 0 Å². The van der Waals surface area contributed by atoms with Crippen LogP contribution in [0.2, 0.25) is 0 Å². The number of rotatable bonds is 4. The van der Waals surface area contributed by atoms with E-state index < -0.39 is 0 Å². The minimum absolute atomic E-state index is 0.117. The van der Waals surface area contributed by atoms with Crippen molar-refractivity contribution >= 4 is 32.7 Å². The first kappa shape index (κ1) is 14.2. The minimum Gasteiger partial charge on any atom is -0.337 e. The van der Waals surface area contributed by atoms with Crippen molar-refractivity contribution in [2.75, 3.05) is 11.9 Å². The fraction of sp³-hybridized carbons (Fsp3) is 0.222. The molecule has 1 heterocycles. The lowest BCUT2D eigenvalue weighted by atomic mass is 9.96. The molecule has 4 rings (SSSR count). The Morgan fingerprint density at radius 3 is 2.57 bits per heavy atom. The van der Waals surface area contributed by atoms with E-state index >= 15 is 0 Å². The maximum Gasteiger partial charge on any atom is 0.321 e. The van der Waals surface area contributed by atoms with Gasteiger partial charge in [-0.25, -0.2) is 9.78 Å². The summed E-state index contributed by atoms with van der Waals surface area (Å²) >= 11 is 1.49. The lowest BCUT2D eigenvalue weighted by Crippen LogP contribution is -2.35. The molecule has 0 radical (unpaired) electrons. The van der Waals surface area contributed by atoms with E-state index in [9.17, 15) is 4.79 Å². The number of para-hydroxylation sites is 1. The highest BCUT2D eigenvalue weighted by Crippen LogP contribution is 2.47. The van der Waals surface area contributed by atoms with E-state index in [4.69, 9.17) is 0 Å². The molecule has 0 atom stereocenters. The zero-order valence-electron chi connectivity index (χ0n) is 12.6. The van der Waals surface area contributed by atoms with Crippen molar-refractivity contribution in [2.45, 2.75) is 18.3 Å². The van der Waals surface area contributed by atoms with Gasteiger partial charge in [-0.3, -0.25) is 5.32 Å². The Kier molecular flexibility index (Phi) is 3.50. The van der Waals surface area contributed by atoms with E-state index in [0.717, 1.165) is 23.1 Å². The second-order valence-electron chi connectivity index (χ2n) is 5.94. The molecule has 0 unspecified atom stereocenters. The number of carbonyl (C=O) groups excluding carboxylic acids is 1. The fourth-order valence-electron chi connectivity index (χ4n) is 2.83. The third-order valence-corrected chi connectivity index (χ3v) is 5.29. The second kappa shape index (κ2) is 5.66. The predicted molar refractivity (Wildman–Crippen MR) is 94.0 cm³/mol. The fourth-order valence-corrected chi connectivity index (χ4v) is 3.69. The molecule has 1 aliphatic carbocycles. The first-order valence-electron chi connectivity index (χ1n) is 7.71. The standard InChI is InChI=1S/C18H17N3OS/c22-16(21-17-20-14-8-4-5-9-15(14)23-17)19-12-18(10-11-18)13-6-2-1-3-7-13/h1-9H,10-12H2,(H2,19,20,21,22). The van der Waals surface area contributed by atoms with Gasteiger partial charge in [0.25, 0.3) is 0 Å². The maximum absolute atomic E-state index is 12.1. The van der Waals surface area contributed by atoms with Crippen LogP contribution in [0.5, 0.6) is 0 Å².